The molecule has 0 aromatic carbocycles. The van der Waals surface area contributed by atoms with Gasteiger partial charge in [0.1, 0.15) is 0 Å². The first-order valence-electron chi connectivity index (χ1n) is 4.53. The van der Waals surface area contributed by atoms with Crippen molar-refractivity contribution in [2.24, 2.45) is 5.92 Å². The number of hydrogen-bond acceptors (Lipinski definition) is 2. The van der Waals surface area contributed by atoms with Crippen molar-refractivity contribution in [3.05, 3.63) is 0 Å². The molecule has 0 aliphatic heterocycles. The normalized spacial score (nSPS) is 9.85. The number of carbonyl (C=O) groups is 1. The third-order valence-corrected chi connectivity index (χ3v) is 1.56. The molecule has 1 amide bonds. The first-order valence-corrected chi connectivity index (χ1v) is 4.94. The summed E-state index contributed by atoms with van der Waals surface area (Å²) in [6, 6.07) is 0. The number of amides is 1. The Morgan fingerprint density at radius 1 is 1.31 bits per heavy atom. The van der Waals surface area contributed by atoms with Crippen molar-refractivity contribution < 1.29 is 4.79 Å². The highest BCUT2D eigenvalue weighted by Crippen LogP contribution is 1.97. The molecular weight excluding hydrogens is 184 g/mol. The molecule has 0 unspecified atom stereocenters. The molecule has 0 saturated heterocycles. The molecule has 0 atom stereocenters. The maximum atomic E-state index is 11.1. The third-order valence-electron chi connectivity index (χ3n) is 1.41. The summed E-state index contributed by atoms with van der Waals surface area (Å²) in [6.45, 7) is 7.22. The smallest absolute Gasteiger partial charge is 0.220 e. The van der Waals surface area contributed by atoms with Crippen LogP contribution in [-0.2, 0) is 4.79 Å². The third kappa shape index (κ3) is 9.27. The van der Waals surface area contributed by atoms with Crippen molar-refractivity contribution in [1.29, 1.82) is 0 Å². The standard InChI is InChI=1S/C9H18N2OS/c1-7(2)6-9(12)11-5-4-10-8(3)13/h7H,4-6H2,1-3H3,(H,10,13)(H,11,12). The Morgan fingerprint density at radius 3 is 2.31 bits per heavy atom. The zero-order chi connectivity index (χ0) is 10.3. The number of rotatable bonds is 5. The minimum absolute atomic E-state index is 0.110. The van der Waals surface area contributed by atoms with Crippen molar-refractivity contribution in [2.45, 2.75) is 27.2 Å². The monoisotopic (exact) mass is 202 g/mol. The van der Waals surface area contributed by atoms with E-state index in [9.17, 15) is 4.79 Å². The summed E-state index contributed by atoms with van der Waals surface area (Å²) in [6.07, 6.45) is 0.594. The SMILES string of the molecule is CC(=S)NCCNC(=O)CC(C)C. The van der Waals surface area contributed by atoms with E-state index in [0.29, 0.717) is 25.4 Å². The molecule has 0 fully saturated rings. The second-order valence-corrected chi connectivity index (χ2v) is 4.04. The molecule has 4 heteroatoms. The van der Waals surface area contributed by atoms with E-state index in [1.807, 2.05) is 20.8 Å². The van der Waals surface area contributed by atoms with Gasteiger partial charge < -0.3 is 10.6 Å². The molecular formula is C9H18N2OS. The Morgan fingerprint density at radius 2 is 1.85 bits per heavy atom. The van der Waals surface area contributed by atoms with E-state index in [1.165, 1.54) is 0 Å². The summed E-state index contributed by atoms with van der Waals surface area (Å²) in [5, 5.41) is 5.78. The van der Waals surface area contributed by atoms with Gasteiger partial charge in [0.2, 0.25) is 5.91 Å². The Balaban J connectivity index is 3.32. The zero-order valence-corrected chi connectivity index (χ0v) is 9.33. The van der Waals surface area contributed by atoms with Crippen LogP contribution in [0.4, 0.5) is 0 Å². The van der Waals surface area contributed by atoms with Crippen LogP contribution < -0.4 is 10.6 Å². The van der Waals surface area contributed by atoms with Gasteiger partial charge in [0.05, 0.1) is 4.99 Å². The van der Waals surface area contributed by atoms with E-state index in [2.05, 4.69) is 10.6 Å². The summed E-state index contributed by atoms with van der Waals surface area (Å²) in [5.41, 5.74) is 0. The van der Waals surface area contributed by atoms with Crippen molar-refractivity contribution in [1.82, 2.24) is 10.6 Å². The topological polar surface area (TPSA) is 41.1 Å². The maximum Gasteiger partial charge on any atom is 0.220 e. The van der Waals surface area contributed by atoms with Gasteiger partial charge >= 0.3 is 0 Å². The molecule has 0 spiro atoms. The second kappa shape index (κ2) is 6.83. The molecule has 0 aromatic heterocycles. The average molecular weight is 202 g/mol. The molecule has 0 aromatic rings. The van der Waals surface area contributed by atoms with Crippen LogP contribution in [0.2, 0.25) is 0 Å². The van der Waals surface area contributed by atoms with Gasteiger partial charge in [-0.05, 0) is 12.8 Å². The Kier molecular flexibility index (Phi) is 6.49. The molecule has 0 radical (unpaired) electrons. The van der Waals surface area contributed by atoms with Crippen LogP contribution >= 0.6 is 12.2 Å². The lowest BCUT2D eigenvalue weighted by molar-refractivity contribution is -0.121. The minimum atomic E-state index is 0.110. The van der Waals surface area contributed by atoms with E-state index in [-0.39, 0.29) is 5.91 Å². The first kappa shape index (κ1) is 12.4. The van der Waals surface area contributed by atoms with Crippen LogP contribution in [0.3, 0.4) is 0 Å². The van der Waals surface area contributed by atoms with Gasteiger partial charge in [-0.15, -0.1) is 0 Å². The lowest BCUT2D eigenvalue weighted by atomic mass is 10.1. The highest BCUT2D eigenvalue weighted by molar-refractivity contribution is 7.80. The van der Waals surface area contributed by atoms with Gasteiger partial charge in [0.25, 0.3) is 0 Å². The van der Waals surface area contributed by atoms with Crippen molar-refractivity contribution in [2.75, 3.05) is 13.1 Å². The van der Waals surface area contributed by atoms with E-state index in [1.54, 1.807) is 0 Å². The van der Waals surface area contributed by atoms with Gasteiger partial charge in [-0.2, -0.15) is 0 Å². The lowest BCUT2D eigenvalue weighted by Crippen LogP contribution is -2.33. The Bertz CT molecular complexity index is 180. The zero-order valence-electron chi connectivity index (χ0n) is 8.52. The van der Waals surface area contributed by atoms with Crippen LogP contribution in [0.1, 0.15) is 27.2 Å². The largest absolute Gasteiger partial charge is 0.378 e. The highest BCUT2D eigenvalue weighted by atomic mass is 32.1. The maximum absolute atomic E-state index is 11.1. The summed E-state index contributed by atoms with van der Waals surface area (Å²) < 4.78 is 0. The van der Waals surface area contributed by atoms with Gasteiger partial charge in [-0.25, -0.2) is 0 Å². The lowest BCUT2D eigenvalue weighted by Gasteiger charge is -2.07. The van der Waals surface area contributed by atoms with Gasteiger partial charge in [0, 0.05) is 19.5 Å². The molecule has 76 valence electrons. The molecule has 0 aliphatic rings. The highest BCUT2D eigenvalue weighted by Gasteiger charge is 2.02. The molecule has 0 saturated carbocycles. The Labute approximate surface area is 85.3 Å². The van der Waals surface area contributed by atoms with Gasteiger partial charge in [-0.1, -0.05) is 26.1 Å². The predicted molar refractivity (Wildman–Crippen MR) is 58.7 cm³/mol. The number of carbonyl (C=O) groups excluding carboxylic acids is 1. The molecule has 0 bridgehead atoms. The summed E-state index contributed by atoms with van der Waals surface area (Å²) in [7, 11) is 0. The van der Waals surface area contributed by atoms with E-state index >= 15 is 0 Å². The van der Waals surface area contributed by atoms with Crippen LogP contribution in [0.15, 0.2) is 0 Å². The summed E-state index contributed by atoms with van der Waals surface area (Å²) in [4.78, 5) is 11.9. The van der Waals surface area contributed by atoms with E-state index in [4.69, 9.17) is 12.2 Å². The molecule has 13 heavy (non-hydrogen) atoms. The quantitative estimate of drug-likeness (QED) is 0.518. The van der Waals surface area contributed by atoms with E-state index in [0.717, 1.165) is 4.99 Å². The van der Waals surface area contributed by atoms with Crippen molar-refractivity contribution in [3.63, 3.8) is 0 Å². The molecule has 0 aliphatic carbocycles. The van der Waals surface area contributed by atoms with Crippen molar-refractivity contribution in [3.8, 4) is 0 Å². The fourth-order valence-corrected chi connectivity index (χ4v) is 0.985. The molecule has 2 N–H and O–H groups in total. The Hall–Kier alpha value is -0.640. The number of thiocarbonyl (C=S) groups is 1. The van der Waals surface area contributed by atoms with Crippen LogP contribution in [0, 0.1) is 5.92 Å². The van der Waals surface area contributed by atoms with Gasteiger partial charge in [-0.3, -0.25) is 4.79 Å². The minimum Gasteiger partial charge on any atom is -0.378 e. The average Bonchev–Trinajstić information content (AvgIpc) is 1.96. The summed E-state index contributed by atoms with van der Waals surface area (Å²) in [5.74, 6) is 0.527. The number of nitrogens with one attached hydrogen (secondary N) is 2. The molecule has 3 nitrogen and oxygen atoms in total. The second-order valence-electron chi connectivity index (χ2n) is 3.43. The number of hydrogen-bond donors (Lipinski definition) is 2. The van der Waals surface area contributed by atoms with Crippen molar-refractivity contribution >= 4 is 23.1 Å². The predicted octanol–water partition coefficient (Wildman–Crippen LogP) is 1.09. The molecule has 0 rings (SSSR count). The van der Waals surface area contributed by atoms with Crippen LogP contribution in [0.25, 0.3) is 0 Å². The summed E-state index contributed by atoms with van der Waals surface area (Å²) >= 11 is 4.82. The fraction of sp³-hybridized carbons (Fsp3) is 0.778. The van der Waals surface area contributed by atoms with Gasteiger partial charge in [0.15, 0.2) is 0 Å². The van der Waals surface area contributed by atoms with E-state index < -0.39 is 0 Å². The van der Waals surface area contributed by atoms with Crippen LogP contribution in [-0.4, -0.2) is 24.0 Å². The van der Waals surface area contributed by atoms with Crippen LogP contribution in [0.5, 0.6) is 0 Å². The fourth-order valence-electron chi connectivity index (χ4n) is 0.883. The molecule has 0 heterocycles. The first-order chi connectivity index (χ1) is 6.02.